The molecule has 0 unspecified atom stereocenters. The van der Waals surface area contributed by atoms with Crippen molar-refractivity contribution in [2.75, 3.05) is 34.3 Å². The number of likely N-dealkylation sites (N-methyl/N-ethyl adjacent to an activating group) is 1. The smallest absolute Gasteiger partial charge is 0.333 e. The number of esters is 1. The van der Waals surface area contributed by atoms with Gasteiger partial charge in [0.05, 0.1) is 21.1 Å². The molecule has 98 valence electrons. The van der Waals surface area contributed by atoms with E-state index in [1.54, 1.807) is 6.92 Å². The summed E-state index contributed by atoms with van der Waals surface area (Å²) in [6.07, 6.45) is 1.06. The lowest BCUT2D eigenvalue weighted by Crippen LogP contribution is -2.38. The van der Waals surface area contributed by atoms with Gasteiger partial charge in [0.15, 0.2) is 0 Å². The van der Waals surface area contributed by atoms with Crippen LogP contribution in [0.3, 0.4) is 0 Å². The molecule has 0 fully saturated rings. The molecule has 0 aliphatic carbocycles. The van der Waals surface area contributed by atoms with E-state index in [2.05, 4.69) is 40.0 Å². The van der Waals surface area contributed by atoms with Crippen molar-refractivity contribution in [3.63, 3.8) is 0 Å². The fourth-order valence-electron chi connectivity index (χ4n) is 0.535. The average Bonchev–Trinajstić information content (AvgIpc) is 2.16. The zero-order valence-corrected chi connectivity index (χ0v) is 11.2. The van der Waals surface area contributed by atoms with Crippen LogP contribution >= 0.6 is 0 Å². The molecule has 0 radical (unpaired) electrons. The van der Waals surface area contributed by atoms with Gasteiger partial charge >= 0.3 is 5.97 Å². The molecule has 0 aromatic heterocycles. The largest absolute Gasteiger partial charge is 0.456 e. The Balaban J connectivity index is 0. The zero-order chi connectivity index (χ0) is 14.1. The van der Waals surface area contributed by atoms with E-state index in [9.17, 15) is 9.59 Å². The van der Waals surface area contributed by atoms with Crippen LogP contribution in [0.4, 0.5) is 0 Å². The molecule has 0 rings (SSSR count). The lowest BCUT2D eigenvalue weighted by atomic mass is 10.4. The zero-order valence-electron chi connectivity index (χ0n) is 11.2. The quantitative estimate of drug-likeness (QED) is 0.433. The van der Waals surface area contributed by atoms with Crippen molar-refractivity contribution in [2.45, 2.75) is 6.92 Å². The van der Waals surface area contributed by atoms with Crippen LogP contribution in [-0.4, -0.2) is 50.7 Å². The van der Waals surface area contributed by atoms with Crippen molar-refractivity contribution in [2.24, 2.45) is 5.73 Å². The fraction of sp³-hybridized carbons (Fsp3) is 0.500. The SMILES string of the molecule is C=C(C)C(=O)OCC[N+](C)(C)C.C=CC(N)=O. The van der Waals surface area contributed by atoms with Gasteiger partial charge in [0.2, 0.25) is 5.91 Å². The number of rotatable bonds is 5. The molecule has 2 N–H and O–H groups in total. The van der Waals surface area contributed by atoms with Crippen LogP contribution in [-0.2, 0) is 14.3 Å². The van der Waals surface area contributed by atoms with E-state index >= 15 is 0 Å². The molecule has 0 saturated heterocycles. The first-order chi connectivity index (χ1) is 7.60. The summed E-state index contributed by atoms with van der Waals surface area (Å²) in [4.78, 5) is 20.4. The number of amides is 1. The first-order valence-corrected chi connectivity index (χ1v) is 5.15. The second-order valence-corrected chi connectivity index (χ2v) is 4.54. The van der Waals surface area contributed by atoms with Crippen molar-refractivity contribution < 1.29 is 18.8 Å². The second kappa shape index (κ2) is 8.52. The molecule has 5 heteroatoms. The summed E-state index contributed by atoms with van der Waals surface area (Å²) < 4.78 is 5.72. The molecule has 17 heavy (non-hydrogen) atoms. The molecule has 5 nitrogen and oxygen atoms in total. The van der Waals surface area contributed by atoms with Gasteiger partial charge in [0.25, 0.3) is 0 Å². The number of hydrogen-bond donors (Lipinski definition) is 1. The normalized spacial score (nSPS) is 9.65. The molecule has 0 saturated carbocycles. The van der Waals surface area contributed by atoms with Crippen LogP contribution in [0.1, 0.15) is 6.92 Å². The molecule has 0 atom stereocenters. The Morgan fingerprint density at radius 1 is 1.35 bits per heavy atom. The molecule has 0 aromatic carbocycles. The molecule has 0 aliphatic rings. The Kier molecular flexibility index (Phi) is 8.91. The topological polar surface area (TPSA) is 69.4 Å². The molecule has 0 aliphatic heterocycles. The van der Waals surface area contributed by atoms with Gasteiger partial charge in [0.1, 0.15) is 13.2 Å². The summed E-state index contributed by atoms with van der Waals surface area (Å²) in [5.41, 5.74) is 4.99. The molecule has 0 heterocycles. The van der Waals surface area contributed by atoms with Gasteiger partial charge < -0.3 is 15.0 Å². The lowest BCUT2D eigenvalue weighted by Gasteiger charge is -2.23. The van der Waals surface area contributed by atoms with E-state index in [1.807, 2.05) is 0 Å². The van der Waals surface area contributed by atoms with Gasteiger partial charge in [-0.05, 0) is 13.0 Å². The fourth-order valence-corrected chi connectivity index (χ4v) is 0.535. The third-order valence-electron chi connectivity index (χ3n) is 1.54. The highest BCUT2D eigenvalue weighted by Crippen LogP contribution is 1.94. The summed E-state index contributed by atoms with van der Waals surface area (Å²) in [5.74, 6) is -0.784. The van der Waals surface area contributed by atoms with Crippen LogP contribution in [0.15, 0.2) is 24.8 Å². The minimum absolute atomic E-state index is 0.302. The molecule has 0 bridgehead atoms. The number of nitrogens with zero attached hydrogens (tertiary/aromatic N) is 1. The number of quaternary nitrogens is 1. The lowest BCUT2D eigenvalue weighted by molar-refractivity contribution is -0.870. The maximum absolute atomic E-state index is 10.9. The first kappa shape index (κ1) is 17.8. The Bertz CT molecular complexity index is 291. The van der Waals surface area contributed by atoms with Gasteiger partial charge in [-0.1, -0.05) is 13.2 Å². The number of hydrogen-bond acceptors (Lipinski definition) is 3. The number of nitrogens with two attached hydrogens (primary N) is 1. The van der Waals surface area contributed by atoms with Crippen molar-refractivity contribution in [1.82, 2.24) is 0 Å². The Morgan fingerprint density at radius 3 is 2.00 bits per heavy atom. The van der Waals surface area contributed by atoms with E-state index in [-0.39, 0.29) is 5.97 Å². The van der Waals surface area contributed by atoms with E-state index < -0.39 is 5.91 Å². The first-order valence-electron chi connectivity index (χ1n) is 5.15. The van der Waals surface area contributed by atoms with Crippen LogP contribution in [0.5, 0.6) is 0 Å². The number of carbonyl (C=O) groups excluding carboxylic acids is 2. The number of ether oxygens (including phenoxy) is 1. The highest BCUT2D eigenvalue weighted by atomic mass is 16.5. The summed E-state index contributed by atoms with van der Waals surface area (Å²) in [6, 6.07) is 0. The average molecular weight is 243 g/mol. The van der Waals surface area contributed by atoms with Gasteiger partial charge in [-0.3, -0.25) is 4.79 Å². The summed E-state index contributed by atoms with van der Waals surface area (Å²) in [6.45, 7) is 9.50. The second-order valence-electron chi connectivity index (χ2n) is 4.54. The van der Waals surface area contributed by atoms with E-state index in [1.165, 1.54) is 0 Å². The number of carbonyl (C=O) groups is 2. The monoisotopic (exact) mass is 243 g/mol. The van der Waals surface area contributed by atoms with Crippen LogP contribution in [0.25, 0.3) is 0 Å². The van der Waals surface area contributed by atoms with E-state index in [4.69, 9.17) is 4.74 Å². The van der Waals surface area contributed by atoms with Crippen LogP contribution < -0.4 is 5.73 Å². The maximum Gasteiger partial charge on any atom is 0.333 e. The highest BCUT2D eigenvalue weighted by Gasteiger charge is 2.09. The van der Waals surface area contributed by atoms with Crippen LogP contribution in [0.2, 0.25) is 0 Å². The predicted molar refractivity (Wildman–Crippen MR) is 68.1 cm³/mol. The van der Waals surface area contributed by atoms with Crippen molar-refractivity contribution in [3.05, 3.63) is 24.8 Å². The minimum atomic E-state index is -0.481. The third kappa shape index (κ3) is 17.0. The Hall–Kier alpha value is -1.62. The molecule has 1 amide bonds. The van der Waals surface area contributed by atoms with Crippen LogP contribution in [0, 0.1) is 0 Å². The third-order valence-corrected chi connectivity index (χ3v) is 1.54. The Labute approximate surface area is 103 Å². The molecular formula is C12H23N2O3+. The van der Waals surface area contributed by atoms with E-state index in [0.29, 0.717) is 12.2 Å². The van der Waals surface area contributed by atoms with Gasteiger partial charge in [0, 0.05) is 5.57 Å². The standard InChI is InChI=1S/C9H18NO2.C3H5NO/c1-8(2)9(11)12-7-6-10(3,4)5;1-2-3(4)5/h1,6-7H2,2-5H3;2H,1H2,(H2,4,5)/q+1;. The summed E-state index contributed by atoms with van der Waals surface area (Å²) in [5, 5.41) is 0. The van der Waals surface area contributed by atoms with E-state index in [0.717, 1.165) is 17.1 Å². The van der Waals surface area contributed by atoms with Gasteiger partial charge in [-0.2, -0.15) is 0 Å². The summed E-state index contributed by atoms with van der Waals surface area (Å²) >= 11 is 0. The molecule has 0 aromatic rings. The van der Waals surface area contributed by atoms with Gasteiger partial charge in [-0.25, -0.2) is 4.79 Å². The minimum Gasteiger partial charge on any atom is -0.456 e. The molecule has 0 spiro atoms. The highest BCUT2D eigenvalue weighted by molar-refractivity contribution is 5.86. The number of primary amides is 1. The molecular weight excluding hydrogens is 220 g/mol. The Morgan fingerprint density at radius 2 is 1.76 bits per heavy atom. The summed E-state index contributed by atoms with van der Waals surface area (Å²) in [7, 11) is 6.15. The van der Waals surface area contributed by atoms with Crippen molar-refractivity contribution in [1.29, 1.82) is 0 Å². The maximum atomic E-state index is 10.9. The van der Waals surface area contributed by atoms with Crippen molar-refractivity contribution >= 4 is 11.9 Å². The van der Waals surface area contributed by atoms with Gasteiger partial charge in [-0.15, -0.1) is 0 Å². The van der Waals surface area contributed by atoms with Crippen molar-refractivity contribution in [3.8, 4) is 0 Å². The predicted octanol–water partition coefficient (Wildman–Crippen LogP) is 0.470.